The quantitative estimate of drug-likeness (QED) is 0.130. The molecule has 0 atom stereocenters. The van der Waals surface area contributed by atoms with Crippen molar-refractivity contribution in [2.75, 3.05) is 13.2 Å². The van der Waals surface area contributed by atoms with Gasteiger partial charge in [-0.15, -0.1) is 12.3 Å². The molecule has 0 radical (unpaired) electrons. The first-order valence-corrected chi connectivity index (χ1v) is 14.1. The van der Waals surface area contributed by atoms with E-state index in [1.165, 1.54) is 22.3 Å². The summed E-state index contributed by atoms with van der Waals surface area (Å²) in [6.45, 7) is 1.38. The van der Waals surface area contributed by atoms with E-state index in [0.29, 0.717) is 13.2 Å². The molecule has 0 fully saturated rings. The number of rotatable bonds is 16. The predicted molar refractivity (Wildman–Crippen MR) is 158 cm³/mol. The van der Waals surface area contributed by atoms with Crippen molar-refractivity contribution in [2.24, 2.45) is 0 Å². The lowest BCUT2D eigenvalue weighted by molar-refractivity contribution is 0.312. The van der Waals surface area contributed by atoms with Crippen LogP contribution in [-0.2, 0) is 25.7 Å². The lowest BCUT2D eigenvalue weighted by Crippen LogP contribution is -1.97. The highest BCUT2D eigenvalue weighted by Crippen LogP contribution is 2.18. The number of ether oxygens (including phenoxy) is 2. The normalized spacial score (nSPS) is 10.3. The van der Waals surface area contributed by atoms with Gasteiger partial charge < -0.3 is 9.47 Å². The molecule has 3 aromatic carbocycles. The number of unbranched alkanes of at least 4 members (excludes halogenated alkanes) is 2. The Morgan fingerprint density at radius 2 is 1.08 bits per heavy atom. The number of halogens is 1. The van der Waals surface area contributed by atoms with Crippen LogP contribution in [0.3, 0.4) is 0 Å². The van der Waals surface area contributed by atoms with Gasteiger partial charge in [-0.2, -0.15) is 0 Å². The van der Waals surface area contributed by atoms with Crippen molar-refractivity contribution in [2.45, 2.75) is 64.2 Å². The van der Waals surface area contributed by atoms with Crippen molar-refractivity contribution in [3.8, 4) is 34.6 Å². The maximum atomic E-state index is 5.79. The van der Waals surface area contributed by atoms with E-state index in [4.69, 9.17) is 15.9 Å². The number of terminal acetylenes is 1. The van der Waals surface area contributed by atoms with Crippen molar-refractivity contribution >= 4 is 15.9 Å². The monoisotopic (exact) mass is 556 g/mol. The SMILES string of the molecule is C#CCCCOc1ccc(CCCc2cccc(CCCc3ccc(OCCCC#CBr)cc3)c2)cc1. The zero-order chi connectivity index (χ0) is 26.0. The molecular formula is C34H37BrO2. The van der Waals surface area contributed by atoms with Crippen LogP contribution in [0.1, 0.15) is 60.8 Å². The summed E-state index contributed by atoms with van der Waals surface area (Å²) in [6, 6.07) is 26.1. The molecule has 0 amide bonds. The van der Waals surface area contributed by atoms with Gasteiger partial charge in [-0.3, -0.25) is 0 Å². The summed E-state index contributed by atoms with van der Waals surface area (Å²) in [7, 11) is 0. The van der Waals surface area contributed by atoms with Crippen LogP contribution in [0.15, 0.2) is 72.8 Å². The van der Waals surface area contributed by atoms with Crippen LogP contribution in [0.4, 0.5) is 0 Å². The maximum absolute atomic E-state index is 5.79. The molecule has 0 aliphatic heterocycles. The molecule has 0 N–H and O–H groups in total. The van der Waals surface area contributed by atoms with Crippen LogP contribution >= 0.6 is 15.9 Å². The third-order valence-electron chi connectivity index (χ3n) is 6.22. The molecule has 0 heterocycles. The Hall–Kier alpha value is -3.14. The molecule has 0 saturated heterocycles. The summed E-state index contributed by atoms with van der Waals surface area (Å²) in [5.41, 5.74) is 5.56. The van der Waals surface area contributed by atoms with E-state index in [1.54, 1.807) is 0 Å². The molecule has 37 heavy (non-hydrogen) atoms. The minimum atomic E-state index is 0.676. The zero-order valence-electron chi connectivity index (χ0n) is 21.7. The van der Waals surface area contributed by atoms with Gasteiger partial charge in [0.25, 0.3) is 0 Å². The Morgan fingerprint density at radius 1 is 0.595 bits per heavy atom. The van der Waals surface area contributed by atoms with Crippen molar-refractivity contribution in [3.63, 3.8) is 0 Å². The van der Waals surface area contributed by atoms with Crippen LogP contribution in [0.25, 0.3) is 0 Å². The summed E-state index contributed by atoms with van der Waals surface area (Å²) in [5, 5.41) is 0. The first-order chi connectivity index (χ1) is 18.3. The van der Waals surface area contributed by atoms with Gasteiger partial charge in [0, 0.05) is 28.8 Å². The lowest BCUT2D eigenvalue weighted by Gasteiger charge is -2.08. The molecule has 192 valence electrons. The van der Waals surface area contributed by atoms with Crippen molar-refractivity contribution in [3.05, 3.63) is 95.1 Å². The second-order valence-electron chi connectivity index (χ2n) is 9.19. The molecule has 0 aromatic heterocycles. The maximum Gasteiger partial charge on any atom is 0.119 e. The Kier molecular flexibility index (Phi) is 13.3. The average molecular weight is 558 g/mol. The molecule has 0 unspecified atom stereocenters. The molecule has 0 aliphatic carbocycles. The topological polar surface area (TPSA) is 18.5 Å². The van der Waals surface area contributed by atoms with Gasteiger partial charge in [0.15, 0.2) is 0 Å². The Bertz CT molecular complexity index is 1150. The van der Waals surface area contributed by atoms with Crippen molar-refractivity contribution in [1.29, 1.82) is 0 Å². The van der Waals surface area contributed by atoms with E-state index in [2.05, 4.69) is 105 Å². The van der Waals surface area contributed by atoms with Crippen LogP contribution < -0.4 is 9.47 Å². The van der Waals surface area contributed by atoms with E-state index in [1.807, 2.05) is 0 Å². The van der Waals surface area contributed by atoms with E-state index in [9.17, 15) is 0 Å². The minimum absolute atomic E-state index is 0.676. The lowest BCUT2D eigenvalue weighted by atomic mass is 9.99. The highest BCUT2D eigenvalue weighted by Gasteiger charge is 2.02. The fourth-order valence-electron chi connectivity index (χ4n) is 4.20. The molecule has 3 heteroatoms. The number of benzene rings is 3. The summed E-state index contributed by atoms with van der Waals surface area (Å²) < 4.78 is 11.5. The molecule has 0 aliphatic rings. The van der Waals surface area contributed by atoms with Crippen LogP contribution in [0.2, 0.25) is 0 Å². The second-order valence-corrected chi connectivity index (χ2v) is 9.59. The van der Waals surface area contributed by atoms with Crippen LogP contribution in [-0.4, -0.2) is 13.2 Å². The third kappa shape index (κ3) is 11.6. The van der Waals surface area contributed by atoms with Gasteiger partial charge in [0.1, 0.15) is 11.5 Å². The summed E-state index contributed by atoms with van der Waals surface area (Å²) in [6.07, 6.45) is 15.4. The number of aryl methyl sites for hydroxylation is 4. The van der Waals surface area contributed by atoms with E-state index >= 15 is 0 Å². The van der Waals surface area contributed by atoms with Gasteiger partial charge in [0.05, 0.1) is 13.2 Å². The van der Waals surface area contributed by atoms with Gasteiger partial charge in [-0.25, -0.2) is 0 Å². The van der Waals surface area contributed by atoms with Crippen molar-refractivity contribution in [1.82, 2.24) is 0 Å². The van der Waals surface area contributed by atoms with Gasteiger partial charge >= 0.3 is 0 Å². The molecule has 2 nitrogen and oxygen atoms in total. The summed E-state index contributed by atoms with van der Waals surface area (Å²) in [4.78, 5) is 2.73. The standard InChI is InChI=1S/C34H37BrO2/c1-2-3-6-26-36-33-21-17-29(18-22-33)11-8-13-31-15-10-16-32(28-31)14-9-12-30-19-23-34(24-20-30)37-27-7-4-5-25-35/h1,10,15-24,28H,3-4,6-9,11-14,26-27H2. The van der Waals surface area contributed by atoms with E-state index in [-0.39, 0.29) is 0 Å². The predicted octanol–water partition coefficient (Wildman–Crippen LogP) is 8.34. The highest BCUT2D eigenvalue weighted by atomic mass is 79.9. The van der Waals surface area contributed by atoms with Gasteiger partial charge in [-0.1, -0.05) is 54.5 Å². The first kappa shape index (κ1) is 28.4. The summed E-state index contributed by atoms with van der Waals surface area (Å²) in [5.74, 6) is 7.49. The van der Waals surface area contributed by atoms with E-state index < -0.39 is 0 Å². The zero-order valence-corrected chi connectivity index (χ0v) is 23.3. The number of hydrogen-bond donors (Lipinski definition) is 0. The second kappa shape index (κ2) is 17.3. The molecule has 0 saturated carbocycles. The Labute approximate surface area is 231 Å². The Balaban J connectivity index is 1.34. The fourth-order valence-corrected chi connectivity index (χ4v) is 4.40. The van der Waals surface area contributed by atoms with Gasteiger partial charge in [0.2, 0.25) is 0 Å². The van der Waals surface area contributed by atoms with E-state index in [0.717, 1.165) is 75.7 Å². The summed E-state index contributed by atoms with van der Waals surface area (Å²) >= 11 is 3.11. The molecular weight excluding hydrogens is 520 g/mol. The molecule has 0 spiro atoms. The first-order valence-electron chi connectivity index (χ1n) is 13.3. The average Bonchev–Trinajstić information content (AvgIpc) is 2.93. The minimum Gasteiger partial charge on any atom is -0.494 e. The third-order valence-corrected chi connectivity index (χ3v) is 6.50. The smallest absolute Gasteiger partial charge is 0.119 e. The molecule has 3 rings (SSSR count). The highest BCUT2D eigenvalue weighted by molar-refractivity contribution is 9.12. The fraction of sp³-hybridized carbons (Fsp3) is 0.353. The largest absolute Gasteiger partial charge is 0.494 e. The van der Waals surface area contributed by atoms with Crippen LogP contribution in [0, 0.1) is 23.1 Å². The molecule has 0 bridgehead atoms. The van der Waals surface area contributed by atoms with Crippen molar-refractivity contribution < 1.29 is 9.47 Å². The van der Waals surface area contributed by atoms with Gasteiger partial charge in [-0.05, 0) is 103 Å². The Morgan fingerprint density at radius 3 is 1.57 bits per heavy atom. The molecule has 3 aromatic rings. The number of hydrogen-bond acceptors (Lipinski definition) is 2. The van der Waals surface area contributed by atoms with Crippen LogP contribution in [0.5, 0.6) is 11.5 Å².